The van der Waals surface area contributed by atoms with Crippen LogP contribution in [0.1, 0.15) is 35.1 Å². The Balaban J connectivity index is 1.41. The van der Waals surface area contributed by atoms with Crippen molar-refractivity contribution in [3.8, 4) is 0 Å². The predicted octanol–water partition coefficient (Wildman–Crippen LogP) is 4.82. The first-order valence-electron chi connectivity index (χ1n) is 11.5. The molecule has 1 aliphatic heterocycles. The van der Waals surface area contributed by atoms with Gasteiger partial charge in [-0.15, -0.1) is 0 Å². The summed E-state index contributed by atoms with van der Waals surface area (Å²) in [6.07, 6.45) is 1.09. The normalized spacial score (nSPS) is 15.6. The Bertz CT molecular complexity index is 1270. The minimum absolute atomic E-state index is 0.0860. The van der Waals surface area contributed by atoms with Gasteiger partial charge < -0.3 is 4.90 Å². The van der Waals surface area contributed by atoms with E-state index in [0.29, 0.717) is 37.4 Å². The standard InChI is InChI=1S/C27H32N2O3S/c1-19-15-20(2)26(21(3)16-19)33(31,32)29-13-11-24(12-14-29)27(30)28(4)18-22-9-10-23-7-5-6-8-25(23)17-22/h5-10,15-17,24H,11-14,18H2,1-4H3. The molecule has 1 amide bonds. The van der Waals surface area contributed by atoms with Crippen molar-refractivity contribution >= 4 is 26.7 Å². The number of nitrogens with zero attached hydrogens (tertiary/aromatic N) is 2. The molecule has 3 aromatic rings. The maximum absolute atomic E-state index is 13.3. The third-order valence-electron chi connectivity index (χ3n) is 6.62. The number of rotatable bonds is 5. The zero-order valence-corrected chi connectivity index (χ0v) is 20.7. The highest BCUT2D eigenvalue weighted by Crippen LogP contribution is 2.29. The van der Waals surface area contributed by atoms with Gasteiger partial charge in [0, 0.05) is 32.6 Å². The van der Waals surface area contributed by atoms with Crippen molar-refractivity contribution < 1.29 is 13.2 Å². The molecule has 0 radical (unpaired) electrons. The minimum atomic E-state index is -3.57. The van der Waals surface area contributed by atoms with Crippen LogP contribution in [0.4, 0.5) is 0 Å². The van der Waals surface area contributed by atoms with Gasteiger partial charge in [-0.05, 0) is 67.1 Å². The molecule has 1 saturated heterocycles. The monoisotopic (exact) mass is 464 g/mol. The van der Waals surface area contributed by atoms with Crippen LogP contribution in [0, 0.1) is 26.7 Å². The van der Waals surface area contributed by atoms with E-state index in [9.17, 15) is 13.2 Å². The molecule has 1 heterocycles. The topological polar surface area (TPSA) is 57.7 Å². The average Bonchev–Trinajstić information content (AvgIpc) is 2.77. The van der Waals surface area contributed by atoms with E-state index in [1.54, 1.807) is 9.21 Å². The van der Waals surface area contributed by atoms with Crippen LogP contribution >= 0.6 is 0 Å². The summed E-state index contributed by atoms with van der Waals surface area (Å²) in [5.41, 5.74) is 3.71. The Hall–Kier alpha value is -2.70. The molecular formula is C27H32N2O3S. The first-order chi connectivity index (χ1) is 15.7. The van der Waals surface area contributed by atoms with Gasteiger partial charge in [-0.2, -0.15) is 4.31 Å². The number of amides is 1. The first kappa shape index (κ1) is 23.5. The number of aryl methyl sites for hydroxylation is 3. The highest BCUT2D eigenvalue weighted by Gasteiger charge is 2.34. The zero-order chi connectivity index (χ0) is 23.8. The Morgan fingerprint density at radius 2 is 1.55 bits per heavy atom. The molecule has 0 spiro atoms. The molecule has 174 valence electrons. The molecule has 0 N–H and O–H groups in total. The molecule has 0 aromatic heterocycles. The molecular weight excluding hydrogens is 432 g/mol. The lowest BCUT2D eigenvalue weighted by molar-refractivity contribution is -0.135. The van der Waals surface area contributed by atoms with Gasteiger partial charge in [-0.3, -0.25) is 4.79 Å². The predicted molar refractivity (Wildman–Crippen MR) is 133 cm³/mol. The molecule has 6 heteroatoms. The summed E-state index contributed by atoms with van der Waals surface area (Å²) in [7, 11) is -1.74. The molecule has 0 atom stereocenters. The maximum atomic E-state index is 13.3. The Morgan fingerprint density at radius 1 is 0.939 bits per heavy atom. The number of carbonyl (C=O) groups excluding carboxylic acids is 1. The maximum Gasteiger partial charge on any atom is 0.243 e. The van der Waals surface area contributed by atoms with Crippen LogP contribution in [0.5, 0.6) is 0 Å². The van der Waals surface area contributed by atoms with Crippen LogP contribution in [-0.4, -0.2) is 43.7 Å². The second-order valence-corrected chi connectivity index (χ2v) is 11.2. The molecule has 33 heavy (non-hydrogen) atoms. The second-order valence-electron chi connectivity index (χ2n) is 9.28. The molecule has 0 bridgehead atoms. The summed E-state index contributed by atoms with van der Waals surface area (Å²) in [4.78, 5) is 15.3. The van der Waals surface area contributed by atoms with Crippen molar-refractivity contribution in [1.82, 2.24) is 9.21 Å². The largest absolute Gasteiger partial charge is 0.341 e. The van der Waals surface area contributed by atoms with Gasteiger partial charge in [0.15, 0.2) is 0 Å². The van der Waals surface area contributed by atoms with Crippen molar-refractivity contribution in [3.05, 3.63) is 76.9 Å². The summed E-state index contributed by atoms with van der Waals surface area (Å²) in [5, 5.41) is 2.35. The Labute approximate surface area is 197 Å². The Morgan fingerprint density at radius 3 is 2.18 bits per heavy atom. The van der Waals surface area contributed by atoms with Crippen molar-refractivity contribution in [3.63, 3.8) is 0 Å². The van der Waals surface area contributed by atoms with Gasteiger partial charge in [-0.25, -0.2) is 8.42 Å². The van der Waals surface area contributed by atoms with Gasteiger partial charge in [0.25, 0.3) is 0 Å². The van der Waals surface area contributed by atoms with Gasteiger partial charge in [-0.1, -0.05) is 54.1 Å². The van der Waals surface area contributed by atoms with Gasteiger partial charge >= 0.3 is 0 Å². The second kappa shape index (κ2) is 9.27. The molecule has 3 aromatic carbocycles. The van der Waals surface area contributed by atoms with Crippen LogP contribution in [0.25, 0.3) is 10.8 Å². The van der Waals surface area contributed by atoms with E-state index in [-0.39, 0.29) is 11.8 Å². The van der Waals surface area contributed by atoms with Crippen LogP contribution in [0.3, 0.4) is 0 Å². The van der Waals surface area contributed by atoms with Gasteiger partial charge in [0.05, 0.1) is 4.90 Å². The van der Waals surface area contributed by atoms with Crippen LogP contribution < -0.4 is 0 Å². The molecule has 0 aliphatic carbocycles. The SMILES string of the molecule is Cc1cc(C)c(S(=O)(=O)N2CCC(C(=O)N(C)Cc3ccc4ccccc4c3)CC2)c(C)c1. The van der Waals surface area contributed by atoms with Crippen molar-refractivity contribution in [2.75, 3.05) is 20.1 Å². The van der Waals surface area contributed by atoms with Crippen LogP contribution in [-0.2, 0) is 21.4 Å². The highest BCUT2D eigenvalue weighted by molar-refractivity contribution is 7.89. The van der Waals surface area contributed by atoms with Crippen molar-refractivity contribution in [1.29, 1.82) is 0 Å². The lowest BCUT2D eigenvalue weighted by Crippen LogP contribution is -2.43. The van der Waals surface area contributed by atoms with Crippen LogP contribution in [0.15, 0.2) is 59.5 Å². The van der Waals surface area contributed by atoms with Crippen molar-refractivity contribution in [2.45, 2.75) is 45.1 Å². The third kappa shape index (κ3) is 4.82. The zero-order valence-electron chi connectivity index (χ0n) is 19.8. The summed E-state index contributed by atoms with van der Waals surface area (Å²) in [5.74, 6) is -0.0648. The Kier molecular flexibility index (Phi) is 6.59. The van der Waals surface area contributed by atoms with Crippen molar-refractivity contribution in [2.24, 2.45) is 5.92 Å². The number of piperidine rings is 1. The number of hydrogen-bond acceptors (Lipinski definition) is 3. The summed E-state index contributed by atoms with van der Waals surface area (Å²) < 4.78 is 28.2. The van der Waals surface area contributed by atoms with Gasteiger partial charge in [0.1, 0.15) is 0 Å². The molecule has 5 nitrogen and oxygen atoms in total. The average molecular weight is 465 g/mol. The van der Waals surface area contributed by atoms with E-state index < -0.39 is 10.0 Å². The van der Waals surface area contributed by atoms with E-state index in [4.69, 9.17) is 0 Å². The third-order valence-corrected chi connectivity index (χ3v) is 8.82. The fraction of sp³-hybridized carbons (Fsp3) is 0.370. The van der Waals surface area contributed by atoms with E-state index >= 15 is 0 Å². The molecule has 0 unspecified atom stereocenters. The van der Waals surface area contributed by atoms with E-state index in [1.807, 2.05) is 52.1 Å². The van der Waals surface area contributed by atoms with Crippen LogP contribution in [0.2, 0.25) is 0 Å². The lowest BCUT2D eigenvalue weighted by atomic mass is 9.96. The molecule has 4 rings (SSSR count). The quantitative estimate of drug-likeness (QED) is 0.544. The number of fused-ring (bicyclic) bond motifs is 1. The first-order valence-corrected chi connectivity index (χ1v) is 12.9. The van der Waals surface area contributed by atoms with Gasteiger partial charge in [0.2, 0.25) is 15.9 Å². The fourth-order valence-corrected chi connectivity index (χ4v) is 6.93. The van der Waals surface area contributed by atoms with E-state index in [2.05, 4.69) is 30.3 Å². The molecule has 1 fully saturated rings. The fourth-order valence-electron chi connectivity index (χ4n) is 5.05. The summed E-state index contributed by atoms with van der Waals surface area (Å²) in [6.45, 7) is 6.96. The smallest absolute Gasteiger partial charge is 0.243 e. The van der Waals surface area contributed by atoms with E-state index in [0.717, 1.165) is 27.6 Å². The number of benzene rings is 3. The summed E-state index contributed by atoms with van der Waals surface area (Å²) >= 11 is 0. The number of hydrogen-bond donors (Lipinski definition) is 0. The highest BCUT2D eigenvalue weighted by atomic mass is 32.2. The summed E-state index contributed by atoms with van der Waals surface area (Å²) in [6, 6.07) is 18.3. The lowest BCUT2D eigenvalue weighted by Gasteiger charge is -2.33. The number of carbonyl (C=O) groups is 1. The molecule has 0 saturated carbocycles. The minimum Gasteiger partial charge on any atom is -0.341 e. The van der Waals surface area contributed by atoms with E-state index in [1.165, 1.54) is 5.39 Å². The molecule has 1 aliphatic rings. The number of sulfonamides is 1.